The van der Waals surface area contributed by atoms with E-state index in [0.29, 0.717) is 23.4 Å². The number of fused-ring (bicyclic) bond motifs is 1. The van der Waals surface area contributed by atoms with Crippen LogP contribution in [0, 0.1) is 0 Å². The van der Waals surface area contributed by atoms with Gasteiger partial charge in [-0.25, -0.2) is 14.8 Å². The van der Waals surface area contributed by atoms with E-state index in [9.17, 15) is 19.5 Å². The zero-order valence-electron chi connectivity index (χ0n) is 17.6. The molecule has 14 heteroatoms. The van der Waals surface area contributed by atoms with Crippen LogP contribution in [0.15, 0.2) is 30.5 Å². The Bertz CT molecular complexity index is 1210. The Hall–Kier alpha value is -3.95. The van der Waals surface area contributed by atoms with Gasteiger partial charge in [0.25, 0.3) is 5.91 Å². The molecule has 2 aromatic heterocycles. The van der Waals surface area contributed by atoms with Crippen molar-refractivity contribution in [2.24, 2.45) is 0 Å². The molecule has 174 valence electrons. The van der Waals surface area contributed by atoms with Crippen molar-refractivity contribution in [2.75, 3.05) is 23.4 Å². The second-order valence-corrected chi connectivity index (χ2v) is 7.20. The Morgan fingerprint density at radius 1 is 1.09 bits per heavy atom. The summed E-state index contributed by atoms with van der Waals surface area (Å²) in [6.07, 6.45) is 0.964. The molecule has 1 amide bonds. The number of hydrogen-bond donors (Lipinski definition) is 5. The first-order chi connectivity index (χ1) is 15.6. The number of nitrogens with zero attached hydrogens (tertiary/aromatic N) is 5. The number of amides is 1. The van der Waals surface area contributed by atoms with Gasteiger partial charge in [0.15, 0.2) is 17.0 Å². The van der Waals surface area contributed by atoms with E-state index in [1.807, 2.05) is 11.9 Å². The monoisotopic (exact) mass is 462 g/mol. The molecular formula is C20H23LiN8O5. The van der Waals surface area contributed by atoms with Gasteiger partial charge in [-0.2, -0.15) is 9.97 Å². The second kappa shape index (κ2) is 11.3. The Balaban J connectivity index is 0.00000408. The van der Waals surface area contributed by atoms with Crippen LogP contribution in [-0.2, 0) is 16.1 Å². The topological polar surface area (TPSA) is 211 Å². The molecule has 3 aromatic rings. The third kappa shape index (κ3) is 6.53. The van der Waals surface area contributed by atoms with E-state index in [1.54, 1.807) is 18.3 Å². The summed E-state index contributed by atoms with van der Waals surface area (Å²) in [5.74, 6) is -2.91. The number of carbonyl (C=O) groups excluding carboxylic acids is 1. The van der Waals surface area contributed by atoms with Crippen LogP contribution in [0.4, 0.5) is 17.5 Å². The van der Waals surface area contributed by atoms with E-state index in [0.717, 1.165) is 5.69 Å². The summed E-state index contributed by atoms with van der Waals surface area (Å²) in [7, 11) is 1.82. The summed E-state index contributed by atoms with van der Waals surface area (Å²) in [5.41, 5.74) is 13.7. The number of carboxylic acids is 2. The van der Waals surface area contributed by atoms with Gasteiger partial charge in [0.1, 0.15) is 6.04 Å². The van der Waals surface area contributed by atoms with Crippen LogP contribution in [0.3, 0.4) is 0 Å². The fourth-order valence-corrected chi connectivity index (χ4v) is 3.03. The number of nitrogen functional groups attached to an aromatic ring is 2. The van der Waals surface area contributed by atoms with Crippen LogP contribution in [0.1, 0.15) is 28.9 Å². The molecule has 0 spiro atoms. The summed E-state index contributed by atoms with van der Waals surface area (Å²) in [4.78, 5) is 52.7. The maximum atomic E-state index is 12.4. The van der Waals surface area contributed by atoms with Crippen LogP contribution >= 0.6 is 0 Å². The minimum absolute atomic E-state index is 0. The normalized spacial score (nSPS) is 11.3. The SMILES string of the molecule is CN(Cc1cnc2nc(N)nc(N)c2n1)c1ccc(C(=O)N[C@@H](CCC(=O)O)C(=O)O)cc1.[LiH]. The Labute approximate surface area is 205 Å². The Morgan fingerprint density at radius 3 is 2.38 bits per heavy atom. The van der Waals surface area contributed by atoms with Gasteiger partial charge in [-0.15, -0.1) is 0 Å². The van der Waals surface area contributed by atoms with Gasteiger partial charge in [-0.1, -0.05) is 0 Å². The Kier molecular flexibility index (Phi) is 8.71. The summed E-state index contributed by atoms with van der Waals surface area (Å²) in [6.45, 7) is 0.370. The summed E-state index contributed by atoms with van der Waals surface area (Å²) >= 11 is 0. The van der Waals surface area contributed by atoms with Crippen molar-refractivity contribution in [3.05, 3.63) is 41.7 Å². The molecule has 7 N–H and O–H groups in total. The number of nitrogens with one attached hydrogen (secondary N) is 1. The number of aromatic nitrogens is 4. The molecule has 0 bridgehead atoms. The standard InChI is InChI=1S/C20H22N8O5.Li.H/c1-28(9-11-8-23-17-15(24-11)16(21)26-20(22)27-17)12-4-2-10(3-5-12)18(31)25-13(19(32)33)6-7-14(29)30;;/h2-5,8,13H,6-7,9H2,1H3,(H,25,31)(H,29,30)(H,32,33)(H4,21,22,23,26,27);;/t13-;;/m0../s1. The molecule has 0 unspecified atom stereocenters. The molecule has 0 aliphatic carbocycles. The van der Waals surface area contributed by atoms with Gasteiger partial charge >= 0.3 is 30.8 Å². The van der Waals surface area contributed by atoms with E-state index < -0.39 is 23.9 Å². The van der Waals surface area contributed by atoms with E-state index in [-0.39, 0.29) is 49.0 Å². The fraction of sp³-hybridized carbons (Fsp3) is 0.250. The number of carboxylic acid groups (broad SMARTS) is 2. The number of hydrogen-bond acceptors (Lipinski definition) is 10. The average Bonchev–Trinajstić information content (AvgIpc) is 2.76. The maximum absolute atomic E-state index is 12.4. The molecule has 0 saturated carbocycles. The van der Waals surface area contributed by atoms with Crippen LogP contribution in [0.5, 0.6) is 0 Å². The first-order valence-electron chi connectivity index (χ1n) is 9.75. The summed E-state index contributed by atoms with van der Waals surface area (Å²) in [6, 6.07) is 5.16. The third-order valence-corrected chi connectivity index (χ3v) is 4.72. The quantitative estimate of drug-likeness (QED) is 0.258. The molecular weight excluding hydrogens is 439 g/mol. The molecule has 0 aliphatic heterocycles. The molecule has 2 heterocycles. The molecule has 0 radical (unpaired) electrons. The second-order valence-electron chi connectivity index (χ2n) is 7.20. The third-order valence-electron chi connectivity index (χ3n) is 4.72. The van der Waals surface area contributed by atoms with Crippen molar-refractivity contribution >= 4 is 65.3 Å². The van der Waals surface area contributed by atoms with Crippen molar-refractivity contribution in [3.63, 3.8) is 0 Å². The fourth-order valence-electron chi connectivity index (χ4n) is 3.03. The first kappa shape index (κ1) is 26.3. The first-order valence-corrected chi connectivity index (χ1v) is 9.75. The van der Waals surface area contributed by atoms with Crippen LogP contribution < -0.4 is 21.7 Å². The number of nitrogens with two attached hydrogens (primary N) is 2. The number of aliphatic carboxylic acids is 2. The van der Waals surface area contributed by atoms with E-state index in [2.05, 4.69) is 25.3 Å². The number of benzene rings is 1. The van der Waals surface area contributed by atoms with E-state index >= 15 is 0 Å². The number of anilines is 3. The molecule has 13 nitrogen and oxygen atoms in total. The van der Waals surface area contributed by atoms with Crippen LogP contribution in [-0.4, -0.2) is 79.9 Å². The predicted molar refractivity (Wildman–Crippen MR) is 125 cm³/mol. The van der Waals surface area contributed by atoms with Gasteiger partial charge in [0.2, 0.25) is 5.95 Å². The van der Waals surface area contributed by atoms with Gasteiger partial charge < -0.3 is 31.9 Å². The Morgan fingerprint density at radius 2 is 1.76 bits per heavy atom. The minimum atomic E-state index is -1.30. The van der Waals surface area contributed by atoms with Gasteiger partial charge in [0.05, 0.1) is 18.4 Å². The van der Waals surface area contributed by atoms with Crippen molar-refractivity contribution in [1.29, 1.82) is 0 Å². The van der Waals surface area contributed by atoms with Crippen molar-refractivity contribution < 1.29 is 24.6 Å². The van der Waals surface area contributed by atoms with Gasteiger partial charge in [0, 0.05) is 24.7 Å². The van der Waals surface area contributed by atoms with Crippen molar-refractivity contribution in [1.82, 2.24) is 25.3 Å². The van der Waals surface area contributed by atoms with E-state index in [4.69, 9.17) is 16.6 Å². The number of rotatable bonds is 9. The van der Waals surface area contributed by atoms with Crippen molar-refractivity contribution in [3.8, 4) is 0 Å². The predicted octanol–water partition coefficient (Wildman–Crippen LogP) is -0.380. The molecule has 1 atom stereocenters. The average molecular weight is 462 g/mol. The van der Waals surface area contributed by atoms with Crippen molar-refractivity contribution in [2.45, 2.75) is 25.4 Å². The molecule has 0 fully saturated rings. The van der Waals surface area contributed by atoms with Gasteiger partial charge in [-0.3, -0.25) is 9.59 Å². The van der Waals surface area contributed by atoms with Gasteiger partial charge in [-0.05, 0) is 30.7 Å². The van der Waals surface area contributed by atoms with Crippen LogP contribution in [0.2, 0.25) is 0 Å². The molecule has 34 heavy (non-hydrogen) atoms. The van der Waals surface area contributed by atoms with Crippen LogP contribution in [0.25, 0.3) is 11.2 Å². The zero-order valence-corrected chi connectivity index (χ0v) is 17.6. The molecule has 0 aliphatic rings. The zero-order chi connectivity index (χ0) is 24.1. The number of carbonyl (C=O) groups is 3. The molecule has 1 aromatic carbocycles. The molecule has 3 rings (SSSR count). The summed E-state index contributed by atoms with van der Waals surface area (Å²) in [5, 5.41) is 20.2. The van der Waals surface area contributed by atoms with E-state index in [1.165, 1.54) is 12.1 Å². The molecule has 0 saturated heterocycles. The summed E-state index contributed by atoms with van der Waals surface area (Å²) < 4.78 is 0.